The van der Waals surface area contributed by atoms with Crippen LogP contribution in [0.25, 0.3) is 10.2 Å². The molecule has 24 heavy (non-hydrogen) atoms. The summed E-state index contributed by atoms with van der Waals surface area (Å²) in [4.78, 5) is 18.9. The Bertz CT molecular complexity index is 820. The number of ether oxygens (including phenoxy) is 2. The molecule has 0 saturated heterocycles. The van der Waals surface area contributed by atoms with Gasteiger partial charge in [-0.1, -0.05) is 12.1 Å². The zero-order valence-corrected chi connectivity index (χ0v) is 14.6. The minimum absolute atomic E-state index is 0.105. The Morgan fingerprint density at radius 1 is 1.12 bits per heavy atom. The van der Waals surface area contributed by atoms with E-state index >= 15 is 0 Å². The molecule has 3 rings (SSSR count). The Hall–Kier alpha value is -2.60. The fourth-order valence-corrected chi connectivity index (χ4v) is 3.43. The highest BCUT2D eigenvalue weighted by Crippen LogP contribution is 2.25. The molecule has 1 heterocycles. The molecule has 0 unspecified atom stereocenters. The molecule has 0 aliphatic rings. The summed E-state index contributed by atoms with van der Waals surface area (Å²) in [7, 11) is 4.89. The molecule has 0 N–H and O–H groups in total. The molecule has 3 aromatic rings. The van der Waals surface area contributed by atoms with E-state index in [4.69, 9.17) is 9.47 Å². The van der Waals surface area contributed by atoms with Gasteiger partial charge in [0.15, 0.2) is 0 Å². The lowest BCUT2D eigenvalue weighted by Crippen LogP contribution is -2.26. The predicted molar refractivity (Wildman–Crippen MR) is 95.0 cm³/mol. The molecule has 0 fully saturated rings. The van der Waals surface area contributed by atoms with Crippen LogP contribution in [0.15, 0.2) is 42.5 Å². The molecule has 2 aromatic carbocycles. The first-order valence-corrected chi connectivity index (χ1v) is 8.25. The molecular formula is C18H18N2O3S. The molecule has 0 spiro atoms. The Morgan fingerprint density at radius 2 is 1.79 bits per heavy atom. The maximum atomic E-state index is 12.7. The molecule has 0 radical (unpaired) electrons. The molecule has 0 bridgehead atoms. The third-order valence-electron chi connectivity index (χ3n) is 3.66. The van der Waals surface area contributed by atoms with E-state index in [2.05, 4.69) is 4.98 Å². The summed E-state index contributed by atoms with van der Waals surface area (Å²) in [6.07, 6.45) is 0. The van der Waals surface area contributed by atoms with Crippen molar-refractivity contribution in [3.8, 4) is 11.5 Å². The number of para-hydroxylation sites is 1. The second-order valence-corrected chi connectivity index (χ2v) is 6.45. The zero-order chi connectivity index (χ0) is 17.1. The molecule has 6 heteroatoms. The molecule has 1 amide bonds. The molecule has 124 valence electrons. The Labute approximate surface area is 144 Å². The number of rotatable bonds is 5. The van der Waals surface area contributed by atoms with Crippen LogP contribution in [0.1, 0.15) is 15.4 Å². The maximum absolute atomic E-state index is 12.7. The summed E-state index contributed by atoms with van der Waals surface area (Å²) in [5.41, 5.74) is 1.48. The Balaban J connectivity index is 1.81. The van der Waals surface area contributed by atoms with Crippen LogP contribution in [0, 0.1) is 0 Å². The van der Waals surface area contributed by atoms with Crippen molar-refractivity contribution in [2.45, 2.75) is 6.54 Å². The summed E-state index contributed by atoms with van der Waals surface area (Å²) in [6, 6.07) is 13.1. The van der Waals surface area contributed by atoms with Crippen molar-refractivity contribution in [3.05, 3.63) is 53.0 Å². The van der Waals surface area contributed by atoms with Crippen molar-refractivity contribution < 1.29 is 14.3 Å². The van der Waals surface area contributed by atoms with Crippen molar-refractivity contribution in [2.24, 2.45) is 0 Å². The minimum atomic E-state index is -0.105. The number of aromatic nitrogens is 1. The highest BCUT2D eigenvalue weighted by Gasteiger charge is 2.16. The van der Waals surface area contributed by atoms with Gasteiger partial charge in [-0.3, -0.25) is 4.79 Å². The van der Waals surface area contributed by atoms with Crippen molar-refractivity contribution in [1.82, 2.24) is 9.88 Å². The zero-order valence-electron chi connectivity index (χ0n) is 13.8. The first-order valence-electron chi connectivity index (χ1n) is 7.43. The number of fused-ring (bicyclic) bond motifs is 1. The van der Waals surface area contributed by atoms with Crippen LogP contribution in [0.4, 0.5) is 0 Å². The molecule has 1 aromatic heterocycles. The lowest BCUT2D eigenvalue weighted by Gasteiger charge is -2.16. The first kappa shape index (κ1) is 16.3. The summed E-state index contributed by atoms with van der Waals surface area (Å²) < 4.78 is 11.6. The molecule has 0 aliphatic carbocycles. The SMILES string of the molecule is COc1cc(OC)cc(C(=O)N(C)Cc2nc3ccccc3s2)c1. The summed E-state index contributed by atoms with van der Waals surface area (Å²) >= 11 is 1.60. The number of carbonyl (C=O) groups excluding carboxylic acids is 1. The van der Waals surface area contributed by atoms with E-state index in [1.54, 1.807) is 55.7 Å². The van der Waals surface area contributed by atoms with Crippen LogP contribution in [-0.4, -0.2) is 37.1 Å². The van der Waals surface area contributed by atoms with E-state index < -0.39 is 0 Å². The van der Waals surface area contributed by atoms with Crippen LogP contribution < -0.4 is 9.47 Å². The van der Waals surface area contributed by atoms with Crippen molar-refractivity contribution >= 4 is 27.5 Å². The van der Waals surface area contributed by atoms with Gasteiger partial charge in [0.1, 0.15) is 16.5 Å². The van der Waals surface area contributed by atoms with Gasteiger partial charge in [0.2, 0.25) is 0 Å². The van der Waals surface area contributed by atoms with Crippen LogP contribution >= 0.6 is 11.3 Å². The van der Waals surface area contributed by atoms with E-state index in [1.807, 2.05) is 24.3 Å². The number of thiazole rings is 1. The topological polar surface area (TPSA) is 51.7 Å². The largest absolute Gasteiger partial charge is 0.497 e. The average molecular weight is 342 g/mol. The molecule has 5 nitrogen and oxygen atoms in total. The number of nitrogens with zero attached hydrogens (tertiary/aromatic N) is 2. The van der Waals surface area contributed by atoms with Gasteiger partial charge in [0.25, 0.3) is 5.91 Å². The van der Waals surface area contributed by atoms with E-state index in [1.165, 1.54) is 0 Å². The molecule has 0 aliphatic heterocycles. The maximum Gasteiger partial charge on any atom is 0.254 e. The summed E-state index contributed by atoms with van der Waals surface area (Å²) in [6.45, 7) is 0.456. The number of benzene rings is 2. The minimum Gasteiger partial charge on any atom is -0.497 e. The number of methoxy groups -OCH3 is 2. The molecular weight excluding hydrogens is 324 g/mol. The lowest BCUT2D eigenvalue weighted by molar-refractivity contribution is 0.0784. The fraction of sp³-hybridized carbons (Fsp3) is 0.222. The first-order chi connectivity index (χ1) is 11.6. The summed E-state index contributed by atoms with van der Waals surface area (Å²) in [5.74, 6) is 1.07. The summed E-state index contributed by atoms with van der Waals surface area (Å²) in [5, 5.41) is 0.905. The van der Waals surface area contributed by atoms with E-state index in [9.17, 15) is 4.79 Å². The van der Waals surface area contributed by atoms with Crippen molar-refractivity contribution in [3.63, 3.8) is 0 Å². The average Bonchev–Trinajstić information content (AvgIpc) is 3.02. The van der Waals surface area contributed by atoms with Gasteiger partial charge in [-0.15, -0.1) is 11.3 Å². The smallest absolute Gasteiger partial charge is 0.254 e. The molecule has 0 atom stereocenters. The van der Waals surface area contributed by atoms with Gasteiger partial charge in [-0.05, 0) is 24.3 Å². The number of hydrogen-bond donors (Lipinski definition) is 0. The van der Waals surface area contributed by atoms with Gasteiger partial charge in [0, 0.05) is 18.7 Å². The second kappa shape index (κ2) is 6.88. The van der Waals surface area contributed by atoms with Crippen LogP contribution in [0.3, 0.4) is 0 Å². The van der Waals surface area contributed by atoms with Crippen molar-refractivity contribution in [1.29, 1.82) is 0 Å². The fourth-order valence-electron chi connectivity index (χ4n) is 2.41. The second-order valence-electron chi connectivity index (χ2n) is 5.34. The van der Waals surface area contributed by atoms with Crippen LogP contribution in [-0.2, 0) is 6.54 Å². The number of hydrogen-bond acceptors (Lipinski definition) is 5. The van der Waals surface area contributed by atoms with Gasteiger partial charge in [-0.25, -0.2) is 4.98 Å². The number of carbonyl (C=O) groups is 1. The Kier molecular flexibility index (Phi) is 4.66. The highest BCUT2D eigenvalue weighted by molar-refractivity contribution is 7.18. The number of amides is 1. The van der Waals surface area contributed by atoms with Gasteiger partial charge in [-0.2, -0.15) is 0 Å². The third kappa shape index (κ3) is 3.33. The van der Waals surface area contributed by atoms with Gasteiger partial charge < -0.3 is 14.4 Å². The highest BCUT2D eigenvalue weighted by atomic mass is 32.1. The lowest BCUT2D eigenvalue weighted by atomic mass is 10.1. The van der Waals surface area contributed by atoms with E-state index in [-0.39, 0.29) is 5.91 Å². The van der Waals surface area contributed by atoms with E-state index in [0.717, 1.165) is 15.2 Å². The monoisotopic (exact) mass is 342 g/mol. The van der Waals surface area contributed by atoms with Gasteiger partial charge >= 0.3 is 0 Å². The van der Waals surface area contributed by atoms with Crippen LogP contribution in [0.2, 0.25) is 0 Å². The van der Waals surface area contributed by atoms with Crippen molar-refractivity contribution in [2.75, 3.05) is 21.3 Å². The van der Waals surface area contributed by atoms with Crippen LogP contribution in [0.5, 0.6) is 11.5 Å². The normalized spacial score (nSPS) is 10.6. The third-order valence-corrected chi connectivity index (χ3v) is 4.68. The predicted octanol–water partition coefficient (Wildman–Crippen LogP) is 3.59. The molecule has 0 saturated carbocycles. The Morgan fingerprint density at radius 3 is 2.42 bits per heavy atom. The van der Waals surface area contributed by atoms with E-state index in [0.29, 0.717) is 23.6 Å². The van der Waals surface area contributed by atoms with Gasteiger partial charge in [0.05, 0.1) is 31.0 Å². The standard InChI is InChI=1S/C18H18N2O3S/c1-20(11-17-19-15-6-4-5-7-16(15)24-17)18(21)12-8-13(22-2)10-14(9-12)23-3/h4-10H,11H2,1-3H3. The quantitative estimate of drug-likeness (QED) is 0.711.